The summed E-state index contributed by atoms with van der Waals surface area (Å²) >= 11 is 3.41. The summed E-state index contributed by atoms with van der Waals surface area (Å²) < 4.78 is 32.1. The summed E-state index contributed by atoms with van der Waals surface area (Å²) in [6, 6.07) is 0. The maximum absolute atomic E-state index is 12.7. The second-order valence-corrected chi connectivity index (χ2v) is 13.9. The smallest absolute Gasteiger partial charge is 0.322 e. The highest BCUT2D eigenvalue weighted by Crippen LogP contribution is 2.39. The van der Waals surface area contributed by atoms with Crippen LogP contribution in [-0.4, -0.2) is 107 Å². The van der Waals surface area contributed by atoms with E-state index < -0.39 is 29.5 Å². The van der Waals surface area contributed by atoms with Gasteiger partial charge in [0.05, 0.1) is 54.3 Å². The second kappa shape index (κ2) is 13.0. The largest absolute Gasteiger partial charge is 0.756 e. The third kappa shape index (κ3) is 14.4. The first-order chi connectivity index (χ1) is 14.7. The van der Waals surface area contributed by atoms with E-state index in [1.54, 1.807) is 13.8 Å². The van der Waals surface area contributed by atoms with Gasteiger partial charge in [0.1, 0.15) is 37.2 Å². The molecule has 0 spiro atoms. The van der Waals surface area contributed by atoms with Crippen molar-refractivity contribution < 1.29 is 46.5 Å². The maximum atomic E-state index is 12.7. The zero-order valence-corrected chi connectivity index (χ0v) is 24.1. The zero-order chi connectivity index (χ0) is 26.1. The Balaban J connectivity index is 4.68. The van der Waals surface area contributed by atoms with E-state index in [0.717, 1.165) is 0 Å². The summed E-state index contributed by atoms with van der Waals surface area (Å²) in [6.07, 6.45) is 0.557. The molecule has 0 aliphatic heterocycles. The maximum Gasteiger partial charge on any atom is 0.322 e. The van der Waals surface area contributed by atoms with E-state index in [4.69, 9.17) is 18.5 Å². The Morgan fingerprint density at radius 2 is 1.30 bits per heavy atom. The standard InChI is InChI=1S/C21H43BrN2O8P/c1-10-20(2,17-21(3,22)19(26)29-13-11-23(4,5)6)18(25)30-15-16-32-33(27,28)31-14-12-24(7,8)9/h10-17H2,1-9H3/q+1. The van der Waals surface area contributed by atoms with Crippen molar-refractivity contribution in [1.82, 2.24) is 0 Å². The number of alkyl halides is 1. The van der Waals surface area contributed by atoms with Crippen LogP contribution >= 0.6 is 23.8 Å². The molecule has 12 heteroatoms. The Kier molecular flexibility index (Phi) is 12.7. The summed E-state index contributed by atoms with van der Waals surface area (Å²) in [4.78, 5) is 37.1. The van der Waals surface area contributed by atoms with Gasteiger partial charge < -0.3 is 32.4 Å². The third-order valence-electron chi connectivity index (χ3n) is 4.99. The van der Waals surface area contributed by atoms with Crippen LogP contribution < -0.4 is 4.89 Å². The molecule has 0 rings (SSSR count). The molecule has 196 valence electrons. The molecule has 0 bridgehead atoms. The van der Waals surface area contributed by atoms with Crippen molar-refractivity contribution in [2.24, 2.45) is 5.41 Å². The van der Waals surface area contributed by atoms with Gasteiger partial charge in [-0.1, -0.05) is 22.9 Å². The number of carbonyl (C=O) groups is 2. The Labute approximate surface area is 207 Å². The first-order valence-corrected chi connectivity index (χ1v) is 13.2. The molecule has 0 aromatic rings. The van der Waals surface area contributed by atoms with Crippen LogP contribution in [-0.2, 0) is 32.7 Å². The third-order valence-corrected chi connectivity index (χ3v) is 6.60. The number of hydrogen-bond acceptors (Lipinski definition) is 8. The number of carbonyl (C=O) groups excluding carboxylic acids is 2. The van der Waals surface area contributed by atoms with Gasteiger partial charge in [-0.3, -0.25) is 14.2 Å². The molecule has 3 unspecified atom stereocenters. The Morgan fingerprint density at radius 3 is 1.79 bits per heavy atom. The molecule has 0 aromatic carbocycles. The summed E-state index contributed by atoms with van der Waals surface area (Å²) in [5, 5.41) is 0. The number of rotatable bonds is 16. The normalized spacial score (nSPS) is 18.0. The molecule has 10 nitrogen and oxygen atoms in total. The molecule has 0 fully saturated rings. The van der Waals surface area contributed by atoms with Crippen molar-refractivity contribution in [2.75, 3.05) is 81.8 Å². The van der Waals surface area contributed by atoms with Crippen molar-refractivity contribution in [3.05, 3.63) is 0 Å². The summed E-state index contributed by atoms with van der Waals surface area (Å²) in [5.74, 6) is -1.00. The van der Waals surface area contributed by atoms with Gasteiger partial charge in [-0.05, 0) is 26.7 Å². The molecule has 0 N–H and O–H groups in total. The van der Waals surface area contributed by atoms with Gasteiger partial charge in [0.25, 0.3) is 7.82 Å². The van der Waals surface area contributed by atoms with Gasteiger partial charge in [0, 0.05) is 0 Å². The van der Waals surface area contributed by atoms with Crippen LogP contribution in [0.15, 0.2) is 0 Å². The lowest BCUT2D eigenvalue weighted by Gasteiger charge is -2.33. The number of esters is 2. The van der Waals surface area contributed by atoms with Gasteiger partial charge in [-0.15, -0.1) is 0 Å². The number of halogens is 1. The van der Waals surface area contributed by atoms with E-state index >= 15 is 0 Å². The lowest BCUT2D eigenvalue weighted by Crippen LogP contribution is -2.43. The molecule has 0 saturated heterocycles. The monoisotopic (exact) mass is 561 g/mol. The van der Waals surface area contributed by atoms with Gasteiger partial charge in [0.2, 0.25) is 0 Å². The van der Waals surface area contributed by atoms with E-state index in [2.05, 4.69) is 15.9 Å². The van der Waals surface area contributed by atoms with Crippen LogP contribution in [0.2, 0.25) is 0 Å². The number of nitrogens with zero attached hydrogens (tertiary/aromatic N) is 2. The van der Waals surface area contributed by atoms with Crippen molar-refractivity contribution in [3.63, 3.8) is 0 Å². The predicted octanol–water partition coefficient (Wildman–Crippen LogP) is 1.95. The van der Waals surface area contributed by atoms with Crippen molar-refractivity contribution in [1.29, 1.82) is 0 Å². The lowest BCUT2D eigenvalue weighted by atomic mass is 9.79. The van der Waals surface area contributed by atoms with E-state index in [1.807, 2.05) is 49.2 Å². The van der Waals surface area contributed by atoms with Crippen LogP contribution in [0.4, 0.5) is 0 Å². The van der Waals surface area contributed by atoms with Gasteiger partial charge in [-0.25, -0.2) is 0 Å². The van der Waals surface area contributed by atoms with Crippen molar-refractivity contribution >= 4 is 35.7 Å². The molecular formula is C21H43BrN2O8P+. The number of likely N-dealkylation sites (N-methyl/N-ethyl adjacent to an activating group) is 2. The molecule has 3 atom stereocenters. The fourth-order valence-corrected chi connectivity index (χ4v) is 4.04. The van der Waals surface area contributed by atoms with E-state index in [1.165, 1.54) is 0 Å². The van der Waals surface area contributed by atoms with E-state index in [-0.39, 0.29) is 32.8 Å². The molecule has 0 heterocycles. The number of quaternary nitrogens is 2. The van der Waals surface area contributed by atoms with Crippen molar-refractivity contribution in [2.45, 2.75) is 37.9 Å². The van der Waals surface area contributed by atoms with Crippen LogP contribution in [0, 0.1) is 5.41 Å². The minimum atomic E-state index is -4.48. The lowest BCUT2D eigenvalue weighted by molar-refractivity contribution is -0.870. The van der Waals surface area contributed by atoms with Crippen LogP contribution in [0.3, 0.4) is 0 Å². The van der Waals surface area contributed by atoms with Gasteiger partial charge in [0.15, 0.2) is 0 Å². The van der Waals surface area contributed by atoms with Crippen LogP contribution in [0.5, 0.6) is 0 Å². The molecule has 0 radical (unpaired) electrons. The zero-order valence-electron chi connectivity index (χ0n) is 21.6. The molecule has 0 amide bonds. The van der Waals surface area contributed by atoms with Gasteiger partial charge >= 0.3 is 11.9 Å². The SMILES string of the molecule is CCC(C)(CC(C)(Br)C(=O)OCC[N+](C)(C)C)C(=O)OCCOP(=O)([O-])OCC[N+](C)(C)C. The fourth-order valence-electron chi connectivity index (χ4n) is 2.63. The number of hydrogen-bond donors (Lipinski definition) is 0. The van der Waals surface area contributed by atoms with Crippen molar-refractivity contribution in [3.8, 4) is 0 Å². The number of ether oxygens (including phenoxy) is 2. The average molecular weight is 562 g/mol. The molecule has 0 saturated carbocycles. The molecule has 33 heavy (non-hydrogen) atoms. The molecule has 0 aliphatic rings. The highest BCUT2D eigenvalue weighted by atomic mass is 79.9. The van der Waals surface area contributed by atoms with Crippen LogP contribution in [0.25, 0.3) is 0 Å². The summed E-state index contributed by atoms with van der Waals surface area (Å²) in [6.45, 7) is 5.96. The first-order valence-electron chi connectivity index (χ1n) is 11.0. The quantitative estimate of drug-likeness (QED) is 0.0923. The Morgan fingerprint density at radius 1 is 0.848 bits per heavy atom. The molecule has 0 aliphatic carbocycles. The second-order valence-electron chi connectivity index (χ2n) is 10.7. The molecule has 0 aromatic heterocycles. The Hall–Kier alpha value is -0.550. The average Bonchev–Trinajstić information content (AvgIpc) is 2.62. The summed E-state index contributed by atoms with van der Waals surface area (Å²) in [5.41, 5.74) is -0.986. The topological polar surface area (TPSA) is 111 Å². The summed E-state index contributed by atoms with van der Waals surface area (Å²) in [7, 11) is 7.25. The van der Waals surface area contributed by atoms with Crippen LogP contribution in [0.1, 0.15) is 33.6 Å². The highest BCUT2D eigenvalue weighted by Gasteiger charge is 2.44. The van der Waals surface area contributed by atoms with E-state index in [0.29, 0.717) is 28.5 Å². The van der Waals surface area contributed by atoms with Gasteiger partial charge in [-0.2, -0.15) is 0 Å². The minimum absolute atomic E-state index is 0.00727. The highest BCUT2D eigenvalue weighted by molar-refractivity contribution is 9.10. The number of phosphoric ester groups is 1. The predicted molar refractivity (Wildman–Crippen MR) is 128 cm³/mol. The minimum Gasteiger partial charge on any atom is -0.756 e. The molecular weight excluding hydrogens is 519 g/mol. The first kappa shape index (κ1) is 32.5. The fraction of sp³-hybridized carbons (Fsp3) is 0.905. The Bertz CT molecular complexity index is 691. The van der Waals surface area contributed by atoms with E-state index in [9.17, 15) is 19.0 Å². The number of phosphoric acid groups is 1.